The number of carbonyl (C=O) groups is 2. The van der Waals surface area contributed by atoms with Crippen molar-refractivity contribution in [1.82, 2.24) is 14.6 Å². The maximum atomic E-state index is 14.8. The number of pyridine rings is 2. The van der Waals surface area contributed by atoms with Gasteiger partial charge in [0.1, 0.15) is 5.82 Å². The lowest BCUT2D eigenvalue weighted by atomic mass is 10.0. The molecule has 3 heterocycles. The van der Waals surface area contributed by atoms with Crippen LogP contribution in [0.25, 0.3) is 5.52 Å². The SMILES string of the molecule is CC(=O)N(c1cc(NC(=O)Cc2c(C)cc(C)cc2Cl)ccn1)c1cc2ccnn2cc1F. The molecule has 7 nitrogen and oxygen atoms in total. The quantitative estimate of drug-likeness (QED) is 0.449. The van der Waals surface area contributed by atoms with Crippen LogP contribution in [0.5, 0.6) is 0 Å². The number of rotatable bonds is 5. The molecule has 0 atom stereocenters. The van der Waals surface area contributed by atoms with Crippen LogP contribution >= 0.6 is 11.6 Å². The summed E-state index contributed by atoms with van der Waals surface area (Å²) in [5.41, 5.74) is 3.77. The summed E-state index contributed by atoms with van der Waals surface area (Å²) >= 11 is 6.32. The molecular weight excluding hydrogens is 445 g/mol. The molecule has 3 aromatic heterocycles. The van der Waals surface area contributed by atoms with Crippen molar-refractivity contribution >= 4 is 46.1 Å². The number of fused-ring (bicyclic) bond motifs is 1. The van der Waals surface area contributed by atoms with E-state index in [1.807, 2.05) is 26.0 Å². The second-order valence-electron chi connectivity index (χ2n) is 7.73. The lowest BCUT2D eigenvalue weighted by Gasteiger charge is -2.21. The average molecular weight is 466 g/mol. The molecule has 0 aliphatic carbocycles. The van der Waals surface area contributed by atoms with Crippen molar-refractivity contribution in [1.29, 1.82) is 0 Å². The monoisotopic (exact) mass is 465 g/mol. The molecule has 9 heteroatoms. The number of aromatic nitrogens is 3. The van der Waals surface area contributed by atoms with Gasteiger partial charge in [-0.1, -0.05) is 17.7 Å². The number of hydrogen-bond acceptors (Lipinski definition) is 4. The van der Waals surface area contributed by atoms with Crippen molar-refractivity contribution in [2.45, 2.75) is 27.2 Å². The fourth-order valence-electron chi connectivity index (χ4n) is 3.71. The summed E-state index contributed by atoms with van der Waals surface area (Å²) in [7, 11) is 0. The maximum absolute atomic E-state index is 14.8. The van der Waals surface area contributed by atoms with Gasteiger partial charge in [-0.2, -0.15) is 5.10 Å². The zero-order valence-electron chi connectivity index (χ0n) is 18.3. The van der Waals surface area contributed by atoms with Crippen molar-refractivity contribution in [3.05, 3.63) is 82.5 Å². The first-order chi connectivity index (χ1) is 15.7. The summed E-state index contributed by atoms with van der Waals surface area (Å²) in [6.45, 7) is 5.16. The van der Waals surface area contributed by atoms with E-state index in [9.17, 15) is 14.0 Å². The smallest absolute Gasteiger partial charge is 0.229 e. The molecule has 168 valence electrons. The highest BCUT2D eigenvalue weighted by atomic mass is 35.5. The van der Waals surface area contributed by atoms with Gasteiger partial charge in [-0.05, 0) is 54.8 Å². The van der Waals surface area contributed by atoms with Crippen LogP contribution in [0.1, 0.15) is 23.6 Å². The second kappa shape index (κ2) is 8.99. The first-order valence-corrected chi connectivity index (χ1v) is 10.6. The number of nitrogens with zero attached hydrogens (tertiary/aromatic N) is 4. The lowest BCUT2D eigenvalue weighted by molar-refractivity contribution is -0.116. The number of carbonyl (C=O) groups excluding carboxylic acids is 2. The van der Waals surface area contributed by atoms with Crippen molar-refractivity contribution < 1.29 is 14.0 Å². The Bertz CT molecular complexity index is 1360. The molecule has 1 N–H and O–H groups in total. The van der Waals surface area contributed by atoms with E-state index in [-0.39, 0.29) is 23.8 Å². The Balaban J connectivity index is 1.61. The van der Waals surface area contributed by atoms with Crippen molar-refractivity contribution in [2.75, 3.05) is 10.2 Å². The van der Waals surface area contributed by atoms with E-state index in [0.29, 0.717) is 16.2 Å². The molecule has 0 spiro atoms. The molecule has 0 aliphatic rings. The van der Waals surface area contributed by atoms with Gasteiger partial charge in [0.15, 0.2) is 5.82 Å². The van der Waals surface area contributed by atoms with Gasteiger partial charge in [0.2, 0.25) is 11.8 Å². The summed E-state index contributed by atoms with van der Waals surface area (Å²) < 4.78 is 16.2. The molecule has 0 fully saturated rings. The standard InChI is InChI=1S/C24H21ClFN5O2/c1-14-8-15(2)19(20(25)9-14)12-24(33)29-17-4-6-27-23(10-17)31(16(3)32)22-11-18-5-7-28-30(18)13-21(22)26/h4-11,13H,12H2,1-3H3,(H,27,29,33). The summed E-state index contributed by atoms with van der Waals surface area (Å²) in [4.78, 5) is 30.5. The Hall–Kier alpha value is -3.78. The number of amides is 2. The summed E-state index contributed by atoms with van der Waals surface area (Å²) in [5.74, 6) is -1.17. The molecule has 33 heavy (non-hydrogen) atoms. The predicted octanol–water partition coefficient (Wildman–Crippen LogP) is 5.00. The first kappa shape index (κ1) is 22.4. The number of benzene rings is 1. The van der Waals surface area contributed by atoms with Crippen LogP contribution in [0.15, 0.2) is 55.0 Å². The van der Waals surface area contributed by atoms with Crippen LogP contribution in [0.4, 0.5) is 21.6 Å². The minimum atomic E-state index is -0.637. The molecule has 0 aliphatic heterocycles. The zero-order valence-corrected chi connectivity index (χ0v) is 19.0. The van der Waals surface area contributed by atoms with Crippen LogP contribution in [-0.4, -0.2) is 26.4 Å². The van der Waals surface area contributed by atoms with E-state index < -0.39 is 11.7 Å². The molecule has 0 saturated heterocycles. The van der Waals surface area contributed by atoms with Crippen LogP contribution in [0.3, 0.4) is 0 Å². The topological polar surface area (TPSA) is 79.6 Å². The summed E-state index contributed by atoms with van der Waals surface area (Å²) in [5, 5.41) is 7.33. The number of aryl methyl sites for hydroxylation is 2. The van der Waals surface area contributed by atoms with Gasteiger partial charge >= 0.3 is 0 Å². The Morgan fingerprint density at radius 1 is 1.15 bits per heavy atom. The molecule has 0 saturated carbocycles. The fourth-order valence-corrected chi connectivity index (χ4v) is 4.10. The molecule has 4 aromatic rings. The van der Waals surface area contributed by atoms with E-state index >= 15 is 0 Å². The highest BCUT2D eigenvalue weighted by Gasteiger charge is 2.21. The third-order valence-electron chi connectivity index (χ3n) is 5.18. The van der Waals surface area contributed by atoms with E-state index in [2.05, 4.69) is 15.4 Å². The van der Waals surface area contributed by atoms with Gasteiger partial charge in [0.05, 0.1) is 23.8 Å². The van der Waals surface area contributed by atoms with Gasteiger partial charge in [-0.25, -0.2) is 13.9 Å². The third-order valence-corrected chi connectivity index (χ3v) is 5.52. The van der Waals surface area contributed by atoms with Crippen LogP contribution in [0, 0.1) is 19.7 Å². The predicted molar refractivity (Wildman–Crippen MR) is 125 cm³/mol. The van der Waals surface area contributed by atoms with Gasteiger partial charge in [-0.3, -0.25) is 14.5 Å². The molecule has 0 unspecified atom stereocenters. The van der Waals surface area contributed by atoms with E-state index in [1.165, 1.54) is 42.2 Å². The van der Waals surface area contributed by atoms with Crippen molar-refractivity contribution in [2.24, 2.45) is 0 Å². The van der Waals surface area contributed by atoms with Crippen LogP contribution in [-0.2, 0) is 16.0 Å². The molecule has 2 amide bonds. The first-order valence-electron chi connectivity index (χ1n) is 10.2. The lowest BCUT2D eigenvalue weighted by Crippen LogP contribution is -2.25. The molecule has 1 aromatic carbocycles. The van der Waals surface area contributed by atoms with Crippen molar-refractivity contribution in [3.8, 4) is 0 Å². The minimum absolute atomic E-state index is 0.0357. The number of hydrogen-bond donors (Lipinski definition) is 1. The Labute approximate surface area is 194 Å². The molecule has 4 rings (SSSR count). The summed E-state index contributed by atoms with van der Waals surface area (Å²) in [6.07, 6.45) is 4.26. The van der Waals surface area contributed by atoms with Gasteiger partial charge in [0.25, 0.3) is 0 Å². The summed E-state index contributed by atoms with van der Waals surface area (Å²) in [6, 6.07) is 10.1. The number of nitrogens with one attached hydrogen (secondary N) is 1. The highest BCUT2D eigenvalue weighted by molar-refractivity contribution is 6.31. The molecule has 0 bridgehead atoms. The Morgan fingerprint density at radius 3 is 2.67 bits per heavy atom. The zero-order chi connectivity index (χ0) is 23.7. The van der Waals surface area contributed by atoms with Gasteiger partial charge in [-0.15, -0.1) is 0 Å². The Kier molecular flexibility index (Phi) is 6.11. The fraction of sp³-hybridized carbons (Fsp3) is 0.167. The largest absolute Gasteiger partial charge is 0.326 e. The Morgan fingerprint density at radius 2 is 1.94 bits per heavy atom. The number of anilines is 3. The van der Waals surface area contributed by atoms with Gasteiger partial charge in [0, 0.05) is 36.1 Å². The van der Waals surface area contributed by atoms with Crippen molar-refractivity contribution in [3.63, 3.8) is 0 Å². The van der Waals surface area contributed by atoms with E-state index in [4.69, 9.17) is 11.6 Å². The second-order valence-corrected chi connectivity index (χ2v) is 8.14. The number of halogens is 2. The maximum Gasteiger partial charge on any atom is 0.229 e. The normalized spacial score (nSPS) is 10.9. The molecular formula is C24H21ClFN5O2. The third kappa shape index (κ3) is 4.70. The molecule has 0 radical (unpaired) electrons. The van der Waals surface area contributed by atoms with E-state index in [0.717, 1.165) is 21.6 Å². The highest BCUT2D eigenvalue weighted by Crippen LogP contribution is 2.30. The minimum Gasteiger partial charge on any atom is -0.326 e. The average Bonchev–Trinajstić information content (AvgIpc) is 3.18. The van der Waals surface area contributed by atoms with Crippen LogP contribution in [0.2, 0.25) is 5.02 Å². The van der Waals surface area contributed by atoms with E-state index in [1.54, 1.807) is 12.1 Å². The van der Waals surface area contributed by atoms with Crippen LogP contribution < -0.4 is 10.2 Å². The van der Waals surface area contributed by atoms with Gasteiger partial charge < -0.3 is 5.32 Å².